The average molecular weight is 489 g/mol. The molecule has 0 aliphatic carbocycles. The molecule has 1 fully saturated rings. The molecule has 7 heteroatoms. The predicted molar refractivity (Wildman–Crippen MR) is 127 cm³/mol. The van der Waals surface area contributed by atoms with Gasteiger partial charge in [-0.15, -0.1) is 0 Å². The molecule has 0 unspecified atom stereocenters. The minimum absolute atomic E-state index is 0.0109. The van der Waals surface area contributed by atoms with Gasteiger partial charge in [0.15, 0.2) is 16.7 Å². The van der Waals surface area contributed by atoms with Gasteiger partial charge in [-0.05, 0) is 74.0 Å². The van der Waals surface area contributed by atoms with E-state index >= 15 is 0 Å². The van der Waals surface area contributed by atoms with Crippen LogP contribution in [0.3, 0.4) is 0 Å². The maximum absolute atomic E-state index is 12.7. The molecule has 1 amide bonds. The van der Waals surface area contributed by atoms with E-state index in [9.17, 15) is 4.79 Å². The number of likely N-dealkylation sites (N-methyl/N-ethyl adjacent to an activating group) is 1. The largest absolute Gasteiger partial charge is 0.490 e. The number of aliphatic imine (C=N–C) groups is 1. The SMILES string of the molecule is CCN=C1S/C(=C/c2ccc(OCc3ccc(Br)cc3)c(OCC)c2)C(=O)N1CC. The lowest BCUT2D eigenvalue weighted by molar-refractivity contribution is -0.122. The number of nitrogens with zero attached hydrogens (tertiary/aromatic N) is 2. The number of carbonyl (C=O) groups excluding carboxylic acids is 1. The molecule has 0 radical (unpaired) electrons. The first-order valence-corrected chi connectivity index (χ1v) is 11.6. The second-order valence-electron chi connectivity index (χ2n) is 6.47. The number of amides is 1. The Balaban J connectivity index is 1.80. The van der Waals surface area contributed by atoms with E-state index in [1.165, 1.54) is 11.8 Å². The number of hydrogen-bond acceptors (Lipinski definition) is 5. The Bertz CT molecular complexity index is 957. The maximum atomic E-state index is 12.7. The molecule has 5 nitrogen and oxygen atoms in total. The minimum Gasteiger partial charge on any atom is -0.490 e. The minimum atomic E-state index is -0.0109. The summed E-state index contributed by atoms with van der Waals surface area (Å²) in [6, 6.07) is 13.7. The number of benzene rings is 2. The van der Waals surface area contributed by atoms with Gasteiger partial charge < -0.3 is 9.47 Å². The normalized spacial score (nSPS) is 16.5. The summed E-state index contributed by atoms with van der Waals surface area (Å²) in [5, 5.41) is 0.760. The van der Waals surface area contributed by atoms with Gasteiger partial charge in [0.25, 0.3) is 5.91 Å². The zero-order chi connectivity index (χ0) is 21.5. The van der Waals surface area contributed by atoms with Gasteiger partial charge in [0, 0.05) is 17.6 Å². The zero-order valence-corrected chi connectivity index (χ0v) is 19.8. The molecule has 158 valence electrons. The fourth-order valence-corrected chi connectivity index (χ4v) is 4.30. The van der Waals surface area contributed by atoms with Crippen LogP contribution in [-0.2, 0) is 11.4 Å². The molecule has 0 N–H and O–H groups in total. The quantitative estimate of drug-likeness (QED) is 0.444. The van der Waals surface area contributed by atoms with E-state index in [1.54, 1.807) is 4.90 Å². The number of carbonyl (C=O) groups is 1. The number of rotatable bonds is 8. The van der Waals surface area contributed by atoms with Crippen LogP contribution in [-0.4, -0.2) is 35.7 Å². The lowest BCUT2D eigenvalue weighted by atomic mass is 10.1. The maximum Gasteiger partial charge on any atom is 0.266 e. The Morgan fingerprint density at radius 1 is 1.07 bits per heavy atom. The zero-order valence-electron chi connectivity index (χ0n) is 17.4. The summed E-state index contributed by atoms with van der Waals surface area (Å²) in [6.45, 7) is 8.09. The molecule has 3 rings (SSSR count). The second-order valence-corrected chi connectivity index (χ2v) is 8.40. The van der Waals surface area contributed by atoms with E-state index < -0.39 is 0 Å². The van der Waals surface area contributed by atoms with Crippen LogP contribution < -0.4 is 9.47 Å². The van der Waals surface area contributed by atoms with Crippen LogP contribution in [0, 0.1) is 0 Å². The molecule has 0 atom stereocenters. The van der Waals surface area contributed by atoms with Gasteiger partial charge in [0.2, 0.25) is 0 Å². The standard InChI is InChI=1S/C23H25BrN2O3S/c1-4-25-23-26(5-2)22(27)21(30-23)14-17-9-12-19(20(13-17)28-6-3)29-15-16-7-10-18(24)11-8-16/h7-14H,4-6,15H2,1-3H3/b21-14+,25-23?. The van der Waals surface area contributed by atoms with Crippen LogP contribution in [0.5, 0.6) is 11.5 Å². The molecule has 0 bridgehead atoms. The van der Waals surface area contributed by atoms with Crippen molar-refractivity contribution in [1.29, 1.82) is 0 Å². The van der Waals surface area contributed by atoms with Crippen molar-refractivity contribution in [2.24, 2.45) is 4.99 Å². The summed E-state index contributed by atoms with van der Waals surface area (Å²) in [5.41, 5.74) is 1.96. The highest BCUT2D eigenvalue weighted by Crippen LogP contribution is 2.35. The highest BCUT2D eigenvalue weighted by atomic mass is 79.9. The van der Waals surface area contributed by atoms with Gasteiger partial charge in [-0.1, -0.05) is 34.1 Å². The summed E-state index contributed by atoms with van der Waals surface area (Å²) >= 11 is 4.85. The van der Waals surface area contributed by atoms with Crippen molar-refractivity contribution in [2.45, 2.75) is 27.4 Å². The highest BCUT2D eigenvalue weighted by Gasteiger charge is 2.31. The Morgan fingerprint density at radius 2 is 1.83 bits per heavy atom. The lowest BCUT2D eigenvalue weighted by Crippen LogP contribution is -2.28. The first kappa shape index (κ1) is 22.4. The van der Waals surface area contributed by atoms with E-state index in [1.807, 2.05) is 69.3 Å². The second kappa shape index (κ2) is 10.7. The molecule has 0 spiro atoms. The van der Waals surface area contributed by atoms with Crippen LogP contribution in [0.2, 0.25) is 0 Å². The molecule has 1 heterocycles. The van der Waals surface area contributed by atoms with Crippen molar-refractivity contribution in [3.8, 4) is 11.5 Å². The first-order chi connectivity index (χ1) is 14.5. The van der Waals surface area contributed by atoms with Crippen molar-refractivity contribution in [2.75, 3.05) is 19.7 Å². The van der Waals surface area contributed by atoms with Crippen LogP contribution in [0.4, 0.5) is 0 Å². The van der Waals surface area contributed by atoms with Crippen molar-refractivity contribution >= 4 is 44.8 Å². The van der Waals surface area contributed by atoms with E-state index in [0.29, 0.717) is 42.7 Å². The lowest BCUT2D eigenvalue weighted by Gasteiger charge is -2.13. The molecular formula is C23H25BrN2O3S. The Kier molecular flexibility index (Phi) is 7.99. The highest BCUT2D eigenvalue weighted by molar-refractivity contribution is 9.10. The van der Waals surface area contributed by atoms with Crippen LogP contribution >= 0.6 is 27.7 Å². The molecule has 1 saturated heterocycles. The summed E-state index contributed by atoms with van der Waals surface area (Å²) in [5.74, 6) is 1.33. The van der Waals surface area contributed by atoms with Crippen LogP contribution in [0.25, 0.3) is 6.08 Å². The number of amidine groups is 1. The summed E-state index contributed by atoms with van der Waals surface area (Å²) < 4.78 is 12.8. The Morgan fingerprint density at radius 3 is 2.50 bits per heavy atom. The summed E-state index contributed by atoms with van der Waals surface area (Å²) in [4.78, 5) is 19.5. The average Bonchev–Trinajstić information content (AvgIpc) is 3.03. The Hall–Kier alpha value is -2.25. The van der Waals surface area contributed by atoms with Gasteiger partial charge in [0.05, 0.1) is 11.5 Å². The smallest absolute Gasteiger partial charge is 0.266 e. The van der Waals surface area contributed by atoms with Gasteiger partial charge in [-0.3, -0.25) is 14.7 Å². The monoisotopic (exact) mass is 488 g/mol. The predicted octanol–water partition coefficient (Wildman–Crippen LogP) is 5.74. The van der Waals surface area contributed by atoms with Crippen LogP contribution in [0.1, 0.15) is 31.9 Å². The number of hydrogen-bond donors (Lipinski definition) is 0. The van der Waals surface area contributed by atoms with Gasteiger partial charge in [-0.25, -0.2) is 0 Å². The molecule has 2 aromatic carbocycles. The van der Waals surface area contributed by atoms with E-state index in [0.717, 1.165) is 20.8 Å². The molecule has 0 aromatic heterocycles. The van der Waals surface area contributed by atoms with Crippen molar-refractivity contribution < 1.29 is 14.3 Å². The topological polar surface area (TPSA) is 51.1 Å². The van der Waals surface area contributed by atoms with Gasteiger partial charge in [0.1, 0.15) is 6.61 Å². The van der Waals surface area contributed by atoms with E-state index in [4.69, 9.17) is 9.47 Å². The third-order valence-electron chi connectivity index (χ3n) is 4.37. The third kappa shape index (κ3) is 5.46. The molecule has 1 aliphatic heterocycles. The first-order valence-electron chi connectivity index (χ1n) is 9.95. The van der Waals surface area contributed by atoms with Crippen LogP contribution in [0.15, 0.2) is 56.8 Å². The van der Waals surface area contributed by atoms with Crippen molar-refractivity contribution in [3.05, 3.63) is 63.0 Å². The third-order valence-corrected chi connectivity index (χ3v) is 5.94. The molecular weight excluding hydrogens is 464 g/mol. The van der Waals surface area contributed by atoms with Gasteiger partial charge >= 0.3 is 0 Å². The van der Waals surface area contributed by atoms with Gasteiger partial charge in [-0.2, -0.15) is 0 Å². The molecule has 2 aromatic rings. The summed E-state index contributed by atoms with van der Waals surface area (Å²) in [7, 11) is 0. The van der Waals surface area contributed by atoms with Crippen molar-refractivity contribution in [1.82, 2.24) is 4.90 Å². The van der Waals surface area contributed by atoms with E-state index in [-0.39, 0.29) is 5.91 Å². The molecule has 30 heavy (non-hydrogen) atoms. The fourth-order valence-electron chi connectivity index (χ4n) is 2.94. The number of ether oxygens (including phenoxy) is 2. The Labute approximate surface area is 190 Å². The molecule has 1 aliphatic rings. The molecule has 0 saturated carbocycles. The number of thioether (sulfide) groups is 1. The van der Waals surface area contributed by atoms with Crippen molar-refractivity contribution in [3.63, 3.8) is 0 Å². The summed E-state index contributed by atoms with van der Waals surface area (Å²) in [6.07, 6.45) is 1.88. The van der Waals surface area contributed by atoms with E-state index in [2.05, 4.69) is 20.9 Å². The number of halogens is 1. The fraction of sp³-hybridized carbons (Fsp3) is 0.304.